The Morgan fingerprint density at radius 2 is 1.78 bits per heavy atom. The molecule has 0 spiro atoms. The third kappa shape index (κ3) is 4.86. The number of carbonyl (C=O) groups excluding carboxylic acids is 1. The van der Waals surface area contributed by atoms with Gasteiger partial charge in [-0.2, -0.15) is 0 Å². The van der Waals surface area contributed by atoms with Crippen molar-refractivity contribution in [3.8, 4) is 0 Å². The molecule has 3 aliphatic rings. The van der Waals surface area contributed by atoms with Gasteiger partial charge in [-0.1, -0.05) is 12.1 Å². The third-order valence-corrected chi connectivity index (χ3v) is 6.25. The van der Waals surface area contributed by atoms with Crippen LogP contribution in [-0.2, 0) is 11.3 Å². The van der Waals surface area contributed by atoms with Crippen molar-refractivity contribution < 1.29 is 9.18 Å². The number of carbonyl (C=O) groups is 1. The van der Waals surface area contributed by atoms with Crippen LogP contribution in [0.1, 0.15) is 24.8 Å². The standard InChI is InChI=1S/C21H31FN4O/c1-23-10-12-24(13-11-23)9-8-20-15-25(14-17-2-4-18(22)5-3-17)21(27)16-26(20)19-6-7-19/h2-5,19-20H,6-16H2,1H3. The Balaban J connectivity index is 1.36. The van der Waals surface area contributed by atoms with Crippen LogP contribution < -0.4 is 0 Å². The summed E-state index contributed by atoms with van der Waals surface area (Å²) in [6, 6.07) is 7.58. The molecule has 1 amide bonds. The summed E-state index contributed by atoms with van der Waals surface area (Å²) in [6.45, 7) is 7.61. The van der Waals surface area contributed by atoms with Crippen molar-refractivity contribution in [2.45, 2.75) is 37.9 Å². The van der Waals surface area contributed by atoms with Gasteiger partial charge in [0.15, 0.2) is 0 Å². The Morgan fingerprint density at radius 1 is 1.07 bits per heavy atom. The summed E-state index contributed by atoms with van der Waals surface area (Å²) in [5.74, 6) is -0.0178. The second-order valence-corrected chi connectivity index (χ2v) is 8.39. The molecule has 2 saturated heterocycles. The van der Waals surface area contributed by atoms with E-state index in [1.165, 1.54) is 25.0 Å². The van der Waals surface area contributed by atoms with Gasteiger partial charge in [0.2, 0.25) is 5.91 Å². The molecule has 1 aliphatic carbocycles. The lowest BCUT2D eigenvalue weighted by Gasteiger charge is -2.42. The number of benzene rings is 1. The normalized spacial score (nSPS) is 25.9. The van der Waals surface area contributed by atoms with Crippen molar-refractivity contribution in [1.29, 1.82) is 0 Å². The van der Waals surface area contributed by atoms with Crippen LogP contribution in [0.4, 0.5) is 4.39 Å². The topological polar surface area (TPSA) is 30.0 Å². The molecular weight excluding hydrogens is 343 g/mol. The van der Waals surface area contributed by atoms with Crippen molar-refractivity contribution >= 4 is 5.91 Å². The first kappa shape index (κ1) is 18.8. The monoisotopic (exact) mass is 374 g/mol. The number of amides is 1. The predicted octanol–water partition coefficient (Wildman–Crippen LogP) is 1.64. The molecule has 1 aromatic rings. The Bertz CT molecular complexity index is 640. The molecular formula is C21H31FN4O. The van der Waals surface area contributed by atoms with E-state index in [9.17, 15) is 9.18 Å². The molecule has 0 radical (unpaired) electrons. The fraction of sp³-hybridized carbons (Fsp3) is 0.667. The molecule has 2 aliphatic heterocycles. The number of rotatable bonds is 6. The lowest BCUT2D eigenvalue weighted by Crippen LogP contribution is -2.57. The number of piperazine rings is 2. The van der Waals surface area contributed by atoms with Crippen molar-refractivity contribution in [3.05, 3.63) is 35.6 Å². The van der Waals surface area contributed by atoms with Crippen LogP contribution in [0.2, 0.25) is 0 Å². The number of halogens is 1. The first-order chi connectivity index (χ1) is 13.1. The van der Waals surface area contributed by atoms with Crippen molar-refractivity contribution in [2.75, 3.05) is 52.9 Å². The molecule has 4 rings (SSSR count). The van der Waals surface area contributed by atoms with Gasteiger partial charge in [0.1, 0.15) is 5.82 Å². The van der Waals surface area contributed by atoms with Crippen LogP contribution >= 0.6 is 0 Å². The van der Waals surface area contributed by atoms with E-state index in [1.807, 2.05) is 4.90 Å². The average molecular weight is 375 g/mol. The summed E-state index contributed by atoms with van der Waals surface area (Å²) in [6.07, 6.45) is 3.58. The van der Waals surface area contributed by atoms with Crippen LogP contribution in [-0.4, -0.2) is 90.5 Å². The molecule has 6 heteroatoms. The highest BCUT2D eigenvalue weighted by Gasteiger charge is 2.40. The lowest BCUT2D eigenvalue weighted by molar-refractivity contribution is -0.139. The maximum atomic E-state index is 13.2. The van der Waals surface area contributed by atoms with E-state index in [-0.39, 0.29) is 11.7 Å². The van der Waals surface area contributed by atoms with Crippen LogP contribution in [0.25, 0.3) is 0 Å². The molecule has 3 fully saturated rings. The van der Waals surface area contributed by atoms with Gasteiger partial charge in [0.25, 0.3) is 0 Å². The number of hydrogen-bond donors (Lipinski definition) is 0. The summed E-state index contributed by atoms with van der Waals surface area (Å²) >= 11 is 0. The second-order valence-electron chi connectivity index (χ2n) is 8.39. The highest BCUT2D eigenvalue weighted by Crippen LogP contribution is 2.32. The van der Waals surface area contributed by atoms with Gasteiger partial charge in [-0.3, -0.25) is 9.69 Å². The Morgan fingerprint density at radius 3 is 2.44 bits per heavy atom. The van der Waals surface area contributed by atoms with Gasteiger partial charge in [-0.25, -0.2) is 4.39 Å². The zero-order valence-electron chi connectivity index (χ0n) is 16.3. The predicted molar refractivity (Wildman–Crippen MR) is 104 cm³/mol. The summed E-state index contributed by atoms with van der Waals surface area (Å²) in [5, 5.41) is 0. The van der Waals surface area contributed by atoms with Crippen LogP contribution in [0.3, 0.4) is 0 Å². The summed E-state index contributed by atoms with van der Waals surface area (Å²) in [7, 11) is 2.19. The van der Waals surface area contributed by atoms with Gasteiger partial charge < -0.3 is 14.7 Å². The van der Waals surface area contributed by atoms with Crippen LogP contribution in [0, 0.1) is 5.82 Å². The second kappa shape index (κ2) is 8.25. The summed E-state index contributed by atoms with van der Waals surface area (Å²) < 4.78 is 13.2. The highest BCUT2D eigenvalue weighted by atomic mass is 19.1. The van der Waals surface area contributed by atoms with Crippen LogP contribution in [0.5, 0.6) is 0 Å². The summed E-state index contributed by atoms with van der Waals surface area (Å²) in [5.41, 5.74) is 1.00. The minimum Gasteiger partial charge on any atom is -0.336 e. The fourth-order valence-corrected chi connectivity index (χ4v) is 4.30. The Kier molecular flexibility index (Phi) is 5.76. The first-order valence-electron chi connectivity index (χ1n) is 10.3. The average Bonchev–Trinajstić information content (AvgIpc) is 3.50. The molecule has 2 heterocycles. The molecule has 1 unspecified atom stereocenters. The Hall–Kier alpha value is -1.50. The molecule has 0 bridgehead atoms. The van der Waals surface area contributed by atoms with Gasteiger partial charge in [0.05, 0.1) is 6.54 Å². The van der Waals surface area contributed by atoms with Gasteiger partial charge in [0, 0.05) is 51.4 Å². The minimum absolute atomic E-state index is 0.210. The number of nitrogens with zero attached hydrogens (tertiary/aromatic N) is 4. The zero-order chi connectivity index (χ0) is 18.8. The smallest absolute Gasteiger partial charge is 0.237 e. The highest BCUT2D eigenvalue weighted by molar-refractivity contribution is 5.79. The van der Waals surface area contributed by atoms with E-state index in [0.717, 1.165) is 51.3 Å². The molecule has 0 aromatic heterocycles. The number of hydrogen-bond acceptors (Lipinski definition) is 4. The van der Waals surface area contributed by atoms with E-state index >= 15 is 0 Å². The third-order valence-electron chi connectivity index (χ3n) is 6.25. The summed E-state index contributed by atoms with van der Waals surface area (Å²) in [4.78, 5) is 22.1. The molecule has 1 atom stereocenters. The maximum absolute atomic E-state index is 13.2. The minimum atomic E-state index is -0.228. The quantitative estimate of drug-likeness (QED) is 0.757. The van der Waals surface area contributed by atoms with E-state index < -0.39 is 0 Å². The van der Waals surface area contributed by atoms with Gasteiger partial charge >= 0.3 is 0 Å². The first-order valence-corrected chi connectivity index (χ1v) is 10.3. The SMILES string of the molecule is CN1CCN(CCC2CN(Cc3ccc(F)cc3)C(=O)CN2C2CC2)CC1. The van der Waals surface area contributed by atoms with Crippen molar-refractivity contribution in [1.82, 2.24) is 19.6 Å². The molecule has 148 valence electrons. The van der Waals surface area contributed by atoms with Gasteiger partial charge in [-0.05, 0) is 50.6 Å². The molecule has 1 aromatic carbocycles. The largest absolute Gasteiger partial charge is 0.336 e. The molecule has 27 heavy (non-hydrogen) atoms. The maximum Gasteiger partial charge on any atom is 0.237 e. The number of likely N-dealkylation sites (N-methyl/N-ethyl adjacent to an activating group) is 1. The molecule has 5 nitrogen and oxygen atoms in total. The molecule has 1 saturated carbocycles. The van der Waals surface area contributed by atoms with E-state index in [2.05, 4.69) is 21.7 Å². The Labute approximate surface area is 161 Å². The van der Waals surface area contributed by atoms with E-state index in [1.54, 1.807) is 12.1 Å². The van der Waals surface area contributed by atoms with Crippen molar-refractivity contribution in [2.24, 2.45) is 0 Å². The molecule has 0 N–H and O–H groups in total. The zero-order valence-corrected chi connectivity index (χ0v) is 16.3. The van der Waals surface area contributed by atoms with E-state index in [4.69, 9.17) is 0 Å². The van der Waals surface area contributed by atoms with Crippen molar-refractivity contribution in [3.63, 3.8) is 0 Å². The van der Waals surface area contributed by atoms with Crippen LogP contribution in [0.15, 0.2) is 24.3 Å². The lowest BCUT2D eigenvalue weighted by atomic mass is 10.1. The van der Waals surface area contributed by atoms with E-state index in [0.29, 0.717) is 25.2 Å². The van der Waals surface area contributed by atoms with Gasteiger partial charge in [-0.15, -0.1) is 0 Å². The fourth-order valence-electron chi connectivity index (χ4n) is 4.30.